The summed E-state index contributed by atoms with van der Waals surface area (Å²) in [6, 6.07) is 7.06. The molecule has 0 spiro atoms. The zero-order valence-electron chi connectivity index (χ0n) is 13.5. The van der Waals surface area contributed by atoms with Crippen LogP contribution in [-0.4, -0.2) is 19.7 Å². The highest BCUT2D eigenvalue weighted by molar-refractivity contribution is 9.10. The standard InChI is InChI=1S/C18H28BrNO/c1-4-20-17(15-7-5-6-13(2)10-15)12-14-8-9-18(21-3)16(19)11-14/h8-9,11,13,15,17,20H,4-7,10,12H2,1-3H3. The summed E-state index contributed by atoms with van der Waals surface area (Å²) in [5, 5.41) is 3.72. The Bertz CT molecular complexity index is 449. The lowest BCUT2D eigenvalue weighted by Gasteiger charge is -2.34. The summed E-state index contributed by atoms with van der Waals surface area (Å²) in [6.45, 7) is 5.66. The second kappa shape index (κ2) is 8.19. The predicted molar refractivity (Wildman–Crippen MR) is 93.0 cm³/mol. The van der Waals surface area contributed by atoms with Crippen LogP contribution in [0.4, 0.5) is 0 Å². The Hall–Kier alpha value is -0.540. The first kappa shape index (κ1) is 16.8. The van der Waals surface area contributed by atoms with Crippen molar-refractivity contribution in [1.29, 1.82) is 0 Å². The van der Waals surface area contributed by atoms with Gasteiger partial charge >= 0.3 is 0 Å². The van der Waals surface area contributed by atoms with Crippen molar-refractivity contribution < 1.29 is 4.74 Å². The molecule has 0 heterocycles. The Morgan fingerprint density at radius 2 is 2.19 bits per heavy atom. The Balaban J connectivity index is 2.06. The molecule has 0 amide bonds. The average Bonchev–Trinajstić information content (AvgIpc) is 2.47. The van der Waals surface area contributed by atoms with Crippen molar-refractivity contribution in [2.75, 3.05) is 13.7 Å². The van der Waals surface area contributed by atoms with Gasteiger partial charge in [0.2, 0.25) is 0 Å². The van der Waals surface area contributed by atoms with Crippen molar-refractivity contribution in [3.8, 4) is 5.75 Å². The maximum absolute atomic E-state index is 5.32. The smallest absolute Gasteiger partial charge is 0.133 e. The fourth-order valence-corrected chi connectivity index (χ4v) is 4.19. The molecule has 1 aliphatic carbocycles. The van der Waals surface area contributed by atoms with Gasteiger partial charge in [0, 0.05) is 6.04 Å². The fraction of sp³-hybridized carbons (Fsp3) is 0.667. The van der Waals surface area contributed by atoms with Crippen molar-refractivity contribution in [3.05, 3.63) is 28.2 Å². The van der Waals surface area contributed by atoms with Crippen molar-refractivity contribution in [3.63, 3.8) is 0 Å². The number of hydrogen-bond acceptors (Lipinski definition) is 2. The molecule has 21 heavy (non-hydrogen) atoms. The van der Waals surface area contributed by atoms with E-state index in [1.165, 1.54) is 31.2 Å². The molecule has 1 aromatic carbocycles. The van der Waals surface area contributed by atoms with Crippen molar-refractivity contribution in [2.45, 2.75) is 52.0 Å². The Labute approximate surface area is 137 Å². The van der Waals surface area contributed by atoms with E-state index >= 15 is 0 Å². The monoisotopic (exact) mass is 353 g/mol. The number of methoxy groups -OCH3 is 1. The van der Waals surface area contributed by atoms with Gasteiger partial charge < -0.3 is 10.1 Å². The van der Waals surface area contributed by atoms with Gasteiger partial charge in [0.05, 0.1) is 11.6 Å². The third-order valence-corrected chi connectivity index (χ3v) is 5.30. The largest absolute Gasteiger partial charge is 0.496 e. The van der Waals surface area contributed by atoms with Gasteiger partial charge in [-0.3, -0.25) is 0 Å². The normalized spacial score (nSPS) is 23.8. The van der Waals surface area contributed by atoms with Crippen molar-refractivity contribution >= 4 is 15.9 Å². The van der Waals surface area contributed by atoms with Crippen LogP contribution in [0.3, 0.4) is 0 Å². The molecule has 0 bridgehead atoms. The molecule has 0 saturated heterocycles. The van der Waals surface area contributed by atoms with E-state index < -0.39 is 0 Å². The SMILES string of the molecule is CCNC(Cc1ccc(OC)c(Br)c1)C1CCCC(C)C1. The van der Waals surface area contributed by atoms with Crippen molar-refractivity contribution in [1.82, 2.24) is 5.32 Å². The molecule has 1 fully saturated rings. The average molecular weight is 354 g/mol. The number of nitrogens with one attached hydrogen (secondary N) is 1. The molecule has 0 aliphatic heterocycles. The van der Waals surface area contributed by atoms with Crippen LogP contribution < -0.4 is 10.1 Å². The summed E-state index contributed by atoms with van der Waals surface area (Å²) < 4.78 is 6.37. The second-order valence-electron chi connectivity index (χ2n) is 6.37. The van der Waals surface area contributed by atoms with Gasteiger partial charge in [0.15, 0.2) is 0 Å². The van der Waals surface area contributed by atoms with Gasteiger partial charge in [-0.05, 0) is 71.3 Å². The van der Waals surface area contributed by atoms with E-state index in [9.17, 15) is 0 Å². The Morgan fingerprint density at radius 1 is 1.38 bits per heavy atom. The summed E-state index contributed by atoms with van der Waals surface area (Å²) in [5.74, 6) is 2.60. The first-order valence-electron chi connectivity index (χ1n) is 8.19. The quantitative estimate of drug-likeness (QED) is 0.792. The highest BCUT2D eigenvalue weighted by Gasteiger charge is 2.26. The van der Waals surface area contributed by atoms with Crippen LogP contribution >= 0.6 is 15.9 Å². The van der Waals surface area contributed by atoms with Gasteiger partial charge in [0.1, 0.15) is 5.75 Å². The summed E-state index contributed by atoms with van der Waals surface area (Å²) >= 11 is 3.60. The Morgan fingerprint density at radius 3 is 2.81 bits per heavy atom. The minimum Gasteiger partial charge on any atom is -0.496 e. The maximum atomic E-state index is 5.32. The summed E-state index contributed by atoms with van der Waals surface area (Å²) in [5.41, 5.74) is 1.38. The Kier molecular flexibility index (Phi) is 6.56. The molecule has 1 N–H and O–H groups in total. The van der Waals surface area contributed by atoms with Gasteiger partial charge in [-0.15, -0.1) is 0 Å². The first-order valence-corrected chi connectivity index (χ1v) is 8.99. The molecule has 1 saturated carbocycles. The highest BCUT2D eigenvalue weighted by atomic mass is 79.9. The summed E-state index contributed by atoms with van der Waals surface area (Å²) in [6.07, 6.45) is 6.64. The second-order valence-corrected chi connectivity index (χ2v) is 7.22. The van der Waals surface area contributed by atoms with Gasteiger partial charge in [-0.25, -0.2) is 0 Å². The van der Waals surface area contributed by atoms with Crippen LogP contribution in [0.5, 0.6) is 5.75 Å². The number of hydrogen-bond donors (Lipinski definition) is 1. The predicted octanol–water partition coefficient (Wildman–Crippen LogP) is 4.80. The van der Waals surface area contributed by atoms with Crippen LogP contribution in [0.25, 0.3) is 0 Å². The maximum Gasteiger partial charge on any atom is 0.133 e. The molecular formula is C18H28BrNO. The zero-order valence-corrected chi connectivity index (χ0v) is 15.1. The highest BCUT2D eigenvalue weighted by Crippen LogP contribution is 2.33. The first-order chi connectivity index (χ1) is 10.1. The third kappa shape index (κ3) is 4.72. The van der Waals surface area contributed by atoms with E-state index in [2.05, 4.69) is 53.3 Å². The van der Waals surface area contributed by atoms with Crippen LogP contribution in [0, 0.1) is 11.8 Å². The molecule has 3 atom stereocenters. The third-order valence-electron chi connectivity index (χ3n) is 4.68. The molecule has 3 unspecified atom stereocenters. The van der Waals surface area contributed by atoms with E-state index in [0.717, 1.165) is 35.0 Å². The molecule has 2 nitrogen and oxygen atoms in total. The molecular weight excluding hydrogens is 326 g/mol. The molecule has 0 radical (unpaired) electrons. The lowest BCUT2D eigenvalue weighted by molar-refractivity contribution is 0.222. The molecule has 1 aromatic rings. The van der Waals surface area contributed by atoms with E-state index in [0.29, 0.717) is 6.04 Å². The van der Waals surface area contributed by atoms with Crippen LogP contribution in [0.15, 0.2) is 22.7 Å². The number of rotatable bonds is 6. The molecule has 0 aromatic heterocycles. The minimum atomic E-state index is 0.595. The van der Waals surface area contributed by atoms with Gasteiger partial charge in [-0.1, -0.05) is 32.8 Å². The van der Waals surface area contributed by atoms with Crippen LogP contribution in [0.2, 0.25) is 0 Å². The summed E-state index contributed by atoms with van der Waals surface area (Å²) in [4.78, 5) is 0. The zero-order chi connectivity index (χ0) is 15.2. The van der Waals surface area contributed by atoms with E-state index in [4.69, 9.17) is 4.74 Å². The summed E-state index contributed by atoms with van der Waals surface area (Å²) in [7, 11) is 1.71. The lowest BCUT2D eigenvalue weighted by atomic mass is 9.77. The number of ether oxygens (including phenoxy) is 1. The topological polar surface area (TPSA) is 21.3 Å². The molecule has 1 aliphatic rings. The molecule has 2 rings (SSSR count). The van der Waals surface area contributed by atoms with E-state index in [-0.39, 0.29) is 0 Å². The van der Waals surface area contributed by atoms with E-state index in [1.807, 2.05) is 0 Å². The number of halogens is 1. The van der Waals surface area contributed by atoms with Gasteiger partial charge in [0.25, 0.3) is 0 Å². The lowest BCUT2D eigenvalue weighted by Crippen LogP contribution is -2.40. The number of benzene rings is 1. The molecule has 118 valence electrons. The van der Waals surface area contributed by atoms with E-state index in [1.54, 1.807) is 7.11 Å². The minimum absolute atomic E-state index is 0.595. The van der Waals surface area contributed by atoms with Crippen LogP contribution in [0.1, 0.15) is 45.1 Å². The van der Waals surface area contributed by atoms with Crippen molar-refractivity contribution in [2.24, 2.45) is 11.8 Å². The molecule has 3 heteroatoms. The van der Waals surface area contributed by atoms with Gasteiger partial charge in [-0.2, -0.15) is 0 Å². The van der Waals surface area contributed by atoms with Crippen LogP contribution in [-0.2, 0) is 6.42 Å². The fourth-order valence-electron chi connectivity index (χ4n) is 3.60. The number of likely N-dealkylation sites (N-methyl/N-ethyl adjacent to an activating group) is 1.